The highest BCUT2D eigenvalue weighted by molar-refractivity contribution is 5.96. The quantitative estimate of drug-likeness (QED) is 0.616. The molecule has 144 valence electrons. The molecule has 2 aliphatic heterocycles. The van der Waals surface area contributed by atoms with Gasteiger partial charge in [-0.25, -0.2) is 0 Å². The minimum absolute atomic E-state index is 0. The Morgan fingerprint density at radius 1 is 1.42 bits per heavy atom. The lowest BCUT2D eigenvalue weighted by atomic mass is 9.90. The van der Waals surface area contributed by atoms with E-state index >= 15 is 0 Å². The van der Waals surface area contributed by atoms with Crippen LogP contribution in [0.4, 0.5) is 5.88 Å². The van der Waals surface area contributed by atoms with Crippen molar-refractivity contribution in [1.82, 2.24) is 9.80 Å². The Bertz CT molecular complexity index is 709. The summed E-state index contributed by atoms with van der Waals surface area (Å²) in [6.07, 6.45) is 2.15. The number of likely N-dealkylation sites (tertiary alicyclic amines) is 2. The first-order valence-electron chi connectivity index (χ1n) is 8.39. The second-order valence-electron chi connectivity index (χ2n) is 7.08. The molecule has 26 heavy (non-hydrogen) atoms. The second-order valence-corrected chi connectivity index (χ2v) is 7.08. The van der Waals surface area contributed by atoms with E-state index in [1.54, 1.807) is 4.90 Å². The summed E-state index contributed by atoms with van der Waals surface area (Å²) in [5, 5.41) is 10.7. The van der Waals surface area contributed by atoms with Crippen LogP contribution in [0.3, 0.4) is 0 Å². The molecule has 1 aromatic heterocycles. The molecule has 2 aliphatic rings. The average molecular weight is 387 g/mol. The molecule has 0 spiro atoms. The predicted octanol–water partition coefficient (Wildman–Crippen LogP) is 1.41. The van der Waals surface area contributed by atoms with E-state index in [9.17, 15) is 19.7 Å². The van der Waals surface area contributed by atoms with E-state index in [1.165, 1.54) is 11.0 Å². The van der Waals surface area contributed by atoms with Crippen LogP contribution in [0.5, 0.6) is 0 Å². The molecule has 1 aromatic rings. The van der Waals surface area contributed by atoms with Crippen LogP contribution in [0.1, 0.15) is 36.7 Å². The topological polar surface area (TPSA) is 123 Å². The molecule has 2 fully saturated rings. The molecule has 0 radical (unpaired) electrons. The number of hydrogen-bond acceptors (Lipinski definition) is 6. The Kier molecular flexibility index (Phi) is 5.92. The lowest BCUT2D eigenvalue weighted by Gasteiger charge is -2.28. The fourth-order valence-corrected chi connectivity index (χ4v) is 3.54. The number of furan rings is 1. The van der Waals surface area contributed by atoms with E-state index in [1.807, 2.05) is 0 Å². The van der Waals surface area contributed by atoms with Crippen molar-refractivity contribution in [1.29, 1.82) is 0 Å². The van der Waals surface area contributed by atoms with Gasteiger partial charge in [-0.1, -0.05) is 6.92 Å². The maximum Gasteiger partial charge on any atom is 0.433 e. The molecule has 2 amide bonds. The molecule has 2 unspecified atom stereocenters. The first-order valence-corrected chi connectivity index (χ1v) is 8.39. The zero-order valence-corrected chi connectivity index (χ0v) is 15.4. The van der Waals surface area contributed by atoms with Crippen LogP contribution in [0.2, 0.25) is 0 Å². The van der Waals surface area contributed by atoms with Gasteiger partial charge in [-0.15, -0.1) is 12.4 Å². The predicted molar refractivity (Wildman–Crippen MR) is 95.0 cm³/mol. The average Bonchev–Trinajstić information content (AvgIpc) is 3.32. The summed E-state index contributed by atoms with van der Waals surface area (Å²) in [6, 6.07) is 1.88. The molecule has 2 saturated heterocycles. The van der Waals surface area contributed by atoms with Crippen LogP contribution in [-0.4, -0.2) is 58.8 Å². The molecule has 3 heterocycles. The normalized spacial score (nSPS) is 25.2. The van der Waals surface area contributed by atoms with Crippen molar-refractivity contribution >= 4 is 30.1 Å². The van der Waals surface area contributed by atoms with Gasteiger partial charge in [0.1, 0.15) is 11.0 Å². The van der Waals surface area contributed by atoms with Crippen LogP contribution >= 0.6 is 12.4 Å². The van der Waals surface area contributed by atoms with Crippen LogP contribution in [0, 0.1) is 15.5 Å². The lowest BCUT2D eigenvalue weighted by molar-refractivity contribution is -0.402. The van der Waals surface area contributed by atoms with E-state index in [4.69, 9.17) is 10.2 Å². The number of nitrogens with zero attached hydrogens (tertiary/aromatic N) is 3. The first kappa shape index (κ1) is 20.2. The molecular formula is C16H23ClN4O5. The number of rotatable bonds is 4. The van der Waals surface area contributed by atoms with E-state index in [0.717, 1.165) is 12.5 Å². The standard InChI is InChI=1S/C16H22N4O5.ClH/c1-16(9-17)6-8-18(10-16)14(21)11-3-2-7-19(11)15(22)12-4-5-13(25-12)20(23)24;/h4-5,11H,2-3,6-10,17H2,1H3;1H. The summed E-state index contributed by atoms with van der Waals surface area (Å²) in [6.45, 7) is 4.23. The van der Waals surface area contributed by atoms with Crippen molar-refractivity contribution in [2.75, 3.05) is 26.2 Å². The van der Waals surface area contributed by atoms with Crippen LogP contribution in [0.15, 0.2) is 16.5 Å². The third kappa shape index (κ3) is 3.68. The van der Waals surface area contributed by atoms with Crippen molar-refractivity contribution in [3.05, 3.63) is 28.0 Å². The van der Waals surface area contributed by atoms with E-state index < -0.39 is 22.8 Å². The summed E-state index contributed by atoms with van der Waals surface area (Å²) < 4.78 is 4.99. The van der Waals surface area contributed by atoms with Gasteiger partial charge < -0.3 is 20.0 Å². The first-order chi connectivity index (χ1) is 11.8. The molecule has 9 nitrogen and oxygen atoms in total. The maximum atomic E-state index is 12.9. The van der Waals surface area contributed by atoms with Crippen molar-refractivity contribution < 1.29 is 18.9 Å². The molecule has 0 aliphatic carbocycles. The number of halogens is 1. The molecule has 2 N–H and O–H groups in total. The number of carbonyl (C=O) groups is 2. The molecule has 0 aromatic carbocycles. The second kappa shape index (κ2) is 7.63. The van der Waals surface area contributed by atoms with Crippen LogP contribution in [0.25, 0.3) is 0 Å². The molecular weight excluding hydrogens is 364 g/mol. The zero-order valence-electron chi connectivity index (χ0n) is 14.6. The summed E-state index contributed by atoms with van der Waals surface area (Å²) >= 11 is 0. The Hall–Kier alpha value is -2.13. The third-order valence-electron chi connectivity index (χ3n) is 5.14. The largest absolute Gasteiger partial charge is 0.433 e. The Morgan fingerprint density at radius 3 is 2.73 bits per heavy atom. The highest BCUT2D eigenvalue weighted by atomic mass is 35.5. The third-order valence-corrected chi connectivity index (χ3v) is 5.14. The SMILES string of the molecule is CC1(CN)CCN(C(=O)C2CCCN2C(=O)c2ccc([N+](=O)[O-])o2)C1.Cl. The van der Waals surface area contributed by atoms with Crippen molar-refractivity contribution in [2.45, 2.75) is 32.2 Å². The van der Waals surface area contributed by atoms with Crippen molar-refractivity contribution in [3.8, 4) is 0 Å². The summed E-state index contributed by atoms with van der Waals surface area (Å²) in [5.41, 5.74) is 5.71. The minimum atomic E-state index is -0.693. The molecule has 2 atom stereocenters. The van der Waals surface area contributed by atoms with Crippen molar-refractivity contribution in [2.24, 2.45) is 11.1 Å². The smallest absolute Gasteiger partial charge is 0.395 e. The fraction of sp³-hybridized carbons (Fsp3) is 0.625. The van der Waals surface area contributed by atoms with Gasteiger partial charge in [0.05, 0.1) is 6.07 Å². The minimum Gasteiger partial charge on any atom is -0.395 e. The summed E-state index contributed by atoms with van der Waals surface area (Å²) in [4.78, 5) is 38.7. The molecule has 10 heteroatoms. The number of nitrogens with two attached hydrogens (primary N) is 1. The fourth-order valence-electron chi connectivity index (χ4n) is 3.54. The number of nitro groups is 1. The highest BCUT2D eigenvalue weighted by Gasteiger charge is 2.42. The maximum absolute atomic E-state index is 12.9. The van der Waals surface area contributed by atoms with Gasteiger partial charge in [-0.2, -0.15) is 0 Å². The van der Waals surface area contributed by atoms with Gasteiger partial charge in [0, 0.05) is 19.6 Å². The lowest BCUT2D eigenvalue weighted by Crippen LogP contribution is -2.47. The Morgan fingerprint density at radius 2 is 2.15 bits per heavy atom. The highest BCUT2D eigenvalue weighted by Crippen LogP contribution is 2.31. The van der Waals surface area contributed by atoms with E-state index in [2.05, 4.69) is 6.92 Å². The number of carbonyl (C=O) groups excluding carboxylic acids is 2. The van der Waals surface area contributed by atoms with E-state index in [-0.39, 0.29) is 29.5 Å². The summed E-state index contributed by atoms with van der Waals surface area (Å²) in [7, 11) is 0. The Balaban J connectivity index is 0.00000243. The number of amides is 2. The Labute approximate surface area is 157 Å². The van der Waals surface area contributed by atoms with Crippen LogP contribution < -0.4 is 5.73 Å². The van der Waals surface area contributed by atoms with E-state index in [0.29, 0.717) is 39.0 Å². The van der Waals surface area contributed by atoms with Gasteiger partial charge in [-0.3, -0.25) is 19.7 Å². The summed E-state index contributed by atoms with van der Waals surface area (Å²) in [5.74, 6) is -1.16. The number of hydrogen-bond donors (Lipinski definition) is 1. The zero-order chi connectivity index (χ0) is 18.2. The van der Waals surface area contributed by atoms with Gasteiger partial charge in [-0.05, 0) is 37.3 Å². The van der Waals surface area contributed by atoms with Gasteiger partial charge >= 0.3 is 5.88 Å². The molecule has 0 bridgehead atoms. The van der Waals surface area contributed by atoms with Crippen molar-refractivity contribution in [3.63, 3.8) is 0 Å². The van der Waals surface area contributed by atoms with Gasteiger partial charge in [0.2, 0.25) is 5.91 Å². The monoisotopic (exact) mass is 386 g/mol. The van der Waals surface area contributed by atoms with Gasteiger partial charge in [0.15, 0.2) is 5.76 Å². The van der Waals surface area contributed by atoms with Gasteiger partial charge in [0.25, 0.3) is 5.91 Å². The molecule has 3 rings (SSSR count). The molecule has 0 saturated carbocycles. The van der Waals surface area contributed by atoms with Crippen LogP contribution in [-0.2, 0) is 4.79 Å².